The molecule has 1 heterocycles. The molecular weight excluding hydrogens is 190 g/mol. The van der Waals surface area contributed by atoms with Crippen molar-refractivity contribution in [2.45, 2.75) is 52.1 Å². The van der Waals surface area contributed by atoms with E-state index < -0.39 is 0 Å². The number of rotatable bonds is 7. The van der Waals surface area contributed by atoms with Crippen molar-refractivity contribution < 1.29 is 0 Å². The Morgan fingerprint density at radius 3 is 2.50 bits per heavy atom. The first-order valence-electron chi connectivity index (χ1n) is 5.62. The molecule has 1 aromatic heterocycles. The van der Waals surface area contributed by atoms with Crippen LogP contribution in [0.2, 0.25) is 0 Å². The van der Waals surface area contributed by atoms with Crippen LogP contribution in [0, 0.1) is 0 Å². The van der Waals surface area contributed by atoms with Crippen molar-refractivity contribution in [3.63, 3.8) is 0 Å². The molecule has 14 heavy (non-hydrogen) atoms. The lowest BCUT2D eigenvalue weighted by Crippen LogP contribution is -2.27. The first kappa shape index (κ1) is 11.7. The summed E-state index contributed by atoms with van der Waals surface area (Å²) in [5.41, 5.74) is 0. The van der Waals surface area contributed by atoms with Gasteiger partial charge < -0.3 is 5.32 Å². The average Bonchev–Trinajstić information content (AvgIpc) is 2.67. The van der Waals surface area contributed by atoms with Gasteiger partial charge in [0.1, 0.15) is 0 Å². The summed E-state index contributed by atoms with van der Waals surface area (Å²) in [6.07, 6.45) is 5.17. The summed E-state index contributed by atoms with van der Waals surface area (Å²) < 4.78 is 0. The lowest BCUT2D eigenvalue weighted by atomic mass is 10.1. The highest BCUT2D eigenvalue weighted by Gasteiger charge is 2.05. The van der Waals surface area contributed by atoms with Crippen LogP contribution in [0.25, 0.3) is 0 Å². The van der Waals surface area contributed by atoms with E-state index in [0.29, 0.717) is 6.04 Å². The van der Waals surface area contributed by atoms with Crippen molar-refractivity contribution in [2.24, 2.45) is 0 Å². The van der Waals surface area contributed by atoms with Crippen molar-refractivity contribution in [1.82, 2.24) is 5.32 Å². The zero-order valence-electron chi connectivity index (χ0n) is 9.25. The van der Waals surface area contributed by atoms with Crippen LogP contribution in [0.3, 0.4) is 0 Å². The summed E-state index contributed by atoms with van der Waals surface area (Å²) in [7, 11) is 0. The molecule has 0 aliphatic rings. The monoisotopic (exact) mass is 211 g/mol. The minimum absolute atomic E-state index is 0.715. The molecule has 0 radical (unpaired) electrons. The topological polar surface area (TPSA) is 12.0 Å². The molecule has 1 N–H and O–H groups in total. The van der Waals surface area contributed by atoms with Gasteiger partial charge in [-0.2, -0.15) is 0 Å². The Kier molecular flexibility index (Phi) is 5.88. The molecular formula is C12H21NS. The smallest absolute Gasteiger partial charge is 0.0302 e. The molecule has 0 aromatic carbocycles. The zero-order chi connectivity index (χ0) is 10.2. The molecule has 80 valence electrons. The number of hydrogen-bond donors (Lipinski definition) is 1. The molecule has 0 saturated heterocycles. The van der Waals surface area contributed by atoms with Crippen LogP contribution in [0.4, 0.5) is 0 Å². The minimum atomic E-state index is 0.715. The first-order chi connectivity index (χ1) is 6.86. The fourth-order valence-corrected chi connectivity index (χ4v) is 2.36. The van der Waals surface area contributed by atoms with Gasteiger partial charge in [0.2, 0.25) is 0 Å². The number of nitrogens with one attached hydrogen (secondary N) is 1. The van der Waals surface area contributed by atoms with Gasteiger partial charge in [0.05, 0.1) is 0 Å². The van der Waals surface area contributed by atoms with E-state index in [1.807, 2.05) is 11.3 Å². The molecule has 0 saturated carbocycles. The Morgan fingerprint density at radius 2 is 2.00 bits per heavy atom. The Bertz CT molecular complexity index is 212. The summed E-state index contributed by atoms with van der Waals surface area (Å²) in [5.74, 6) is 0. The molecule has 0 aliphatic heterocycles. The van der Waals surface area contributed by atoms with Gasteiger partial charge in [0.25, 0.3) is 0 Å². The molecule has 1 aromatic rings. The Labute approximate surface area is 91.5 Å². The molecule has 0 unspecified atom stereocenters. The van der Waals surface area contributed by atoms with Crippen LogP contribution >= 0.6 is 11.3 Å². The van der Waals surface area contributed by atoms with Crippen molar-refractivity contribution in [3.05, 3.63) is 22.4 Å². The first-order valence-corrected chi connectivity index (χ1v) is 6.50. The number of thiophene rings is 1. The normalized spacial score (nSPS) is 11.1. The van der Waals surface area contributed by atoms with E-state index in [1.54, 1.807) is 0 Å². The van der Waals surface area contributed by atoms with Crippen molar-refractivity contribution in [3.8, 4) is 0 Å². The van der Waals surface area contributed by atoms with Gasteiger partial charge in [0, 0.05) is 17.5 Å². The second kappa shape index (κ2) is 7.02. The predicted octanol–water partition coefficient (Wildman–Crippen LogP) is 3.81. The highest BCUT2D eigenvalue weighted by Crippen LogP contribution is 2.10. The summed E-state index contributed by atoms with van der Waals surface area (Å²) >= 11 is 1.84. The fourth-order valence-electron chi connectivity index (χ4n) is 1.70. The van der Waals surface area contributed by atoms with Gasteiger partial charge in [0.15, 0.2) is 0 Å². The highest BCUT2D eigenvalue weighted by molar-refractivity contribution is 7.09. The Balaban J connectivity index is 2.25. The van der Waals surface area contributed by atoms with E-state index in [0.717, 1.165) is 6.54 Å². The van der Waals surface area contributed by atoms with E-state index in [2.05, 4.69) is 36.7 Å². The van der Waals surface area contributed by atoms with Crippen molar-refractivity contribution >= 4 is 11.3 Å². The quantitative estimate of drug-likeness (QED) is 0.723. The van der Waals surface area contributed by atoms with Gasteiger partial charge in [-0.25, -0.2) is 0 Å². The van der Waals surface area contributed by atoms with Crippen LogP contribution in [0.1, 0.15) is 44.4 Å². The molecule has 0 aliphatic carbocycles. The zero-order valence-corrected chi connectivity index (χ0v) is 10.1. The third-order valence-electron chi connectivity index (χ3n) is 2.42. The van der Waals surface area contributed by atoms with Crippen molar-refractivity contribution in [2.75, 3.05) is 0 Å². The summed E-state index contributed by atoms with van der Waals surface area (Å²) in [6, 6.07) is 5.04. The lowest BCUT2D eigenvalue weighted by molar-refractivity contribution is 0.445. The van der Waals surface area contributed by atoms with E-state index in [9.17, 15) is 0 Å². The van der Waals surface area contributed by atoms with Crippen molar-refractivity contribution in [1.29, 1.82) is 0 Å². The van der Waals surface area contributed by atoms with Gasteiger partial charge >= 0.3 is 0 Å². The summed E-state index contributed by atoms with van der Waals surface area (Å²) in [4.78, 5) is 1.45. The largest absolute Gasteiger partial charge is 0.309 e. The standard InChI is InChI=1S/C12H21NS/c1-3-6-11(7-4-2)13-10-12-8-5-9-14-12/h5,8-9,11,13H,3-4,6-7,10H2,1-2H3. The second-order valence-corrected chi connectivity index (χ2v) is 4.77. The predicted molar refractivity (Wildman–Crippen MR) is 64.8 cm³/mol. The van der Waals surface area contributed by atoms with E-state index in [-0.39, 0.29) is 0 Å². The third-order valence-corrected chi connectivity index (χ3v) is 3.30. The molecule has 0 amide bonds. The summed E-state index contributed by atoms with van der Waals surface area (Å²) in [5, 5.41) is 5.78. The maximum Gasteiger partial charge on any atom is 0.0302 e. The second-order valence-electron chi connectivity index (χ2n) is 3.73. The fraction of sp³-hybridized carbons (Fsp3) is 0.667. The van der Waals surface area contributed by atoms with Gasteiger partial charge in [-0.1, -0.05) is 32.8 Å². The van der Waals surface area contributed by atoms with Gasteiger partial charge in [-0.3, -0.25) is 0 Å². The average molecular weight is 211 g/mol. The highest BCUT2D eigenvalue weighted by atomic mass is 32.1. The Morgan fingerprint density at radius 1 is 1.29 bits per heavy atom. The molecule has 0 fully saturated rings. The number of hydrogen-bond acceptors (Lipinski definition) is 2. The van der Waals surface area contributed by atoms with E-state index in [1.165, 1.54) is 30.6 Å². The minimum Gasteiger partial charge on any atom is -0.309 e. The third kappa shape index (κ3) is 4.25. The van der Waals surface area contributed by atoms with Crippen LogP contribution in [0.15, 0.2) is 17.5 Å². The van der Waals surface area contributed by atoms with Crippen LogP contribution < -0.4 is 5.32 Å². The molecule has 2 heteroatoms. The molecule has 1 rings (SSSR count). The molecule has 0 bridgehead atoms. The maximum absolute atomic E-state index is 3.63. The van der Waals surface area contributed by atoms with Crippen LogP contribution in [-0.2, 0) is 6.54 Å². The maximum atomic E-state index is 3.63. The molecule has 0 spiro atoms. The van der Waals surface area contributed by atoms with E-state index in [4.69, 9.17) is 0 Å². The lowest BCUT2D eigenvalue weighted by Gasteiger charge is -2.16. The summed E-state index contributed by atoms with van der Waals surface area (Å²) in [6.45, 7) is 5.56. The van der Waals surface area contributed by atoms with Gasteiger partial charge in [-0.15, -0.1) is 11.3 Å². The van der Waals surface area contributed by atoms with E-state index >= 15 is 0 Å². The molecule has 1 nitrogen and oxygen atoms in total. The molecule has 0 atom stereocenters. The van der Waals surface area contributed by atoms with Crippen LogP contribution in [0.5, 0.6) is 0 Å². The van der Waals surface area contributed by atoms with Gasteiger partial charge in [-0.05, 0) is 24.3 Å². The Hall–Kier alpha value is -0.340. The van der Waals surface area contributed by atoms with Crippen LogP contribution in [-0.4, -0.2) is 6.04 Å². The SMILES string of the molecule is CCCC(CCC)NCc1cccs1.